The molecule has 2 atom stereocenters. The number of carbonyl (C=O) groups is 2. The molecule has 0 bridgehead atoms. The van der Waals surface area contributed by atoms with Gasteiger partial charge in [0.2, 0.25) is 0 Å². The highest BCUT2D eigenvalue weighted by Gasteiger charge is 2.34. The number of amides is 1. The minimum Gasteiger partial charge on any atom is -0.477 e. The predicted octanol–water partition coefficient (Wildman–Crippen LogP) is 3.27. The Morgan fingerprint density at radius 1 is 1.36 bits per heavy atom. The van der Waals surface area contributed by atoms with E-state index in [9.17, 15) is 14.7 Å². The van der Waals surface area contributed by atoms with E-state index in [0.29, 0.717) is 46.7 Å². The molecule has 2 unspecified atom stereocenters. The molecular weight excluding hydrogens is 491 g/mol. The maximum Gasteiger partial charge on any atom is 0.348 e. The topological polar surface area (TPSA) is 133 Å². The lowest BCUT2D eigenvalue weighted by Gasteiger charge is -2.37. The molecule has 1 aliphatic heterocycles. The van der Waals surface area contributed by atoms with Gasteiger partial charge in [-0.1, -0.05) is 34.5 Å². The molecule has 3 aromatic rings. The van der Waals surface area contributed by atoms with Gasteiger partial charge in [0.1, 0.15) is 22.6 Å². The fraction of sp³-hybridized carbons (Fsp3) is 0.350. The Bertz CT molecular complexity index is 1180. The number of aryl methyl sites for hydroxylation is 1. The summed E-state index contributed by atoms with van der Waals surface area (Å²) in [6.07, 6.45) is 3.08. The first-order valence-electron chi connectivity index (χ1n) is 9.92. The fourth-order valence-electron chi connectivity index (χ4n) is 3.66. The summed E-state index contributed by atoms with van der Waals surface area (Å²) < 4.78 is 5.63. The first-order chi connectivity index (χ1) is 15.8. The number of anilines is 1. The summed E-state index contributed by atoms with van der Waals surface area (Å²) in [5.41, 5.74) is 1.55. The highest BCUT2D eigenvalue weighted by atomic mass is 35.5. The number of hydrogen-bond acceptors (Lipinski definition) is 8. The summed E-state index contributed by atoms with van der Waals surface area (Å²) in [6, 6.07) is 1.34. The molecule has 0 aromatic carbocycles. The van der Waals surface area contributed by atoms with E-state index in [4.69, 9.17) is 27.9 Å². The molecule has 13 heteroatoms. The van der Waals surface area contributed by atoms with Crippen LogP contribution in [0.4, 0.5) is 5.13 Å². The number of carboxylic acids is 1. The van der Waals surface area contributed by atoms with Crippen LogP contribution < -0.4 is 10.2 Å². The monoisotopic (exact) mass is 510 g/mol. The van der Waals surface area contributed by atoms with E-state index in [1.807, 2.05) is 4.90 Å². The number of nitrogens with one attached hydrogen (secondary N) is 2. The number of aromatic carboxylic acids is 1. The van der Waals surface area contributed by atoms with Crippen molar-refractivity contribution in [2.45, 2.75) is 25.5 Å². The first kappa shape index (κ1) is 23.4. The molecule has 3 N–H and O–H groups in total. The highest BCUT2D eigenvalue weighted by Crippen LogP contribution is 2.34. The lowest BCUT2D eigenvalue weighted by atomic mass is 10.0. The summed E-state index contributed by atoms with van der Waals surface area (Å²) in [6.45, 7) is 2.69. The Labute approximate surface area is 202 Å². The van der Waals surface area contributed by atoms with Crippen molar-refractivity contribution >= 4 is 51.5 Å². The van der Waals surface area contributed by atoms with E-state index in [2.05, 4.69) is 25.3 Å². The number of thiazole rings is 1. The maximum absolute atomic E-state index is 12.7. The van der Waals surface area contributed by atoms with Gasteiger partial charge in [-0.15, -0.1) is 0 Å². The molecule has 1 amide bonds. The number of aromatic amines is 1. The Kier molecular flexibility index (Phi) is 6.84. The zero-order chi connectivity index (χ0) is 23.7. The third-order valence-electron chi connectivity index (χ3n) is 5.36. The number of nitrogens with zero attached hydrogens (tertiary/aromatic N) is 4. The number of methoxy groups -OCH3 is 1. The number of rotatable bonds is 6. The molecule has 174 valence electrons. The lowest BCUT2D eigenvalue weighted by molar-refractivity contribution is 0.0540. The molecule has 1 fully saturated rings. The van der Waals surface area contributed by atoms with Gasteiger partial charge >= 0.3 is 5.97 Å². The minimum absolute atomic E-state index is 0.0988. The van der Waals surface area contributed by atoms with Crippen molar-refractivity contribution in [2.24, 2.45) is 0 Å². The normalized spacial score (nSPS) is 18.4. The number of piperidine rings is 1. The maximum atomic E-state index is 12.7. The van der Waals surface area contributed by atoms with Crippen molar-refractivity contribution in [2.75, 3.05) is 25.1 Å². The molecule has 4 rings (SSSR count). The van der Waals surface area contributed by atoms with E-state index in [0.717, 1.165) is 11.3 Å². The standard InChI is InChI=1S/C20H20Cl2N6O4S/c1-9-13(21)14(22)16(25-9)18(29)26-10-4-6-28(7-12(10)32-2)20-27-15(17(33-20)19(30)31)11-3-5-23-8-24-11/h3,5,8,10,12,25H,4,6-7H2,1-2H3,(H,26,29)(H,30,31). The van der Waals surface area contributed by atoms with Gasteiger partial charge in [0.25, 0.3) is 5.91 Å². The van der Waals surface area contributed by atoms with Crippen LogP contribution in [-0.2, 0) is 4.74 Å². The minimum atomic E-state index is -1.07. The zero-order valence-electron chi connectivity index (χ0n) is 17.6. The van der Waals surface area contributed by atoms with Crippen LogP contribution in [0.5, 0.6) is 0 Å². The Hall–Kier alpha value is -2.73. The second-order valence-corrected chi connectivity index (χ2v) is 9.15. The van der Waals surface area contributed by atoms with Crippen molar-refractivity contribution in [1.82, 2.24) is 25.3 Å². The Balaban J connectivity index is 1.51. The highest BCUT2D eigenvalue weighted by molar-refractivity contribution is 7.17. The molecule has 33 heavy (non-hydrogen) atoms. The number of aromatic nitrogens is 4. The van der Waals surface area contributed by atoms with Gasteiger partial charge in [0.15, 0.2) is 5.13 Å². The zero-order valence-corrected chi connectivity index (χ0v) is 20.0. The van der Waals surface area contributed by atoms with Gasteiger partial charge in [0, 0.05) is 32.1 Å². The van der Waals surface area contributed by atoms with E-state index in [1.165, 1.54) is 12.5 Å². The van der Waals surface area contributed by atoms with Crippen LogP contribution in [0.1, 0.15) is 32.3 Å². The van der Waals surface area contributed by atoms with Crippen molar-refractivity contribution in [1.29, 1.82) is 0 Å². The fourth-order valence-corrected chi connectivity index (χ4v) is 5.02. The van der Waals surface area contributed by atoms with Crippen molar-refractivity contribution in [3.8, 4) is 11.4 Å². The van der Waals surface area contributed by atoms with Crippen LogP contribution >= 0.6 is 34.5 Å². The van der Waals surface area contributed by atoms with Crippen LogP contribution in [0.2, 0.25) is 10.0 Å². The van der Waals surface area contributed by atoms with Crippen molar-refractivity contribution in [3.05, 3.63) is 44.9 Å². The molecule has 1 aliphatic rings. The lowest BCUT2D eigenvalue weighted by Crippen LogP contribution is -2.55. The van der Waals surface area contributed by atoms with Crippen LogP contribution in [0.25, 0.3) is 11.4 Å². The first-order valence-corrected chi connectivity index (χ1v) is 11.5. The van der Waals surface area contributed by atoms with Crippen LogP contribution in [0.15, 0.2) is 18.6 Å². The quantitative estimate of drug-likeness (QED) is 0.459. The number of carbonyl (C=O) groups excluding carboxylic acids is 1. The number of hydrogen-bond donors (Lipinski definition) is 3. The molecule has 0 saturated carbocycles. The van der Waals surface area contributed by atoms with E-state index >= 15 is 0 Å². The summed E-state index contributed by atoms with van der Waals surface area (Å²) in [5, 5.41) is 13.6. The number of halogens is 2. The molecule has 1 saturated heterocycles. The summed E-state index contributed by atoms with van der Waals surface area (Å²) in [7, 11) is 1.56. The predicted molar refractivity (Wildman–Crippen MR) is 125 cm³/mol. The summed E-state index contributed by atoms with van der Waals surface area (Å²) in [5.74, 6) is -1.45. The molecule has 0 spiro atoms. The molecule has 0 radical (unpaired) electrons. The van der Waals surface area contributed by atoms with Crippen molar-refractivity contribution < 1.29 is 19.4 Å². The van der Waals surface area contributed by atoms with Gasteiger partial charge in [0.05, 0.1) is 27.9 Å². The molecule has 10 nitrogen and oxygen atoms in total. The second-order valence-electron chi connectivity index (χ2n) is 7.42. The van der Waals surface area contributed by atoms with Crippen LogP contribution in [-0.4, -0.2) is 69.3 Å². The third kappa shape index (κ3) is 4.67. The van der Waals surface area contributed by atoms with Crippen LogP contribution in [0, 0.1) is 6.92 Å². The second kappa shape index (κ2) is 9.64. The third-order valence-corrected chi connectivity index (χ3v) is 7.42. The SMILES string of the molecule is COC1CN(c2nc(-c3ccncn3)c(C(=O)O)s2)CCC1NC(=O)c1[nH]c(C)c(Cl)c1Cl. The van der Waals surface area contributed by atoms with Crippen molar-refractivity contribution in [3.63, 3.8) is 0 Å². The molecule has 4 heterocycles. The average molecular weight is 511 g/mol. The molecule has 3 aromatic heterocycles. The largest absolute Gasteiger partial charge is 0.477 e. The van der Waals surface area contributed by atoms with Gasteiger partial charge < -0.3 is 25.0 Å². The van der Waals surface area contributed by atoms with E-state index in [1.54, 1.807) is 20.1 Å². The van der Waals surface area contributed by atoms with E-state index in [-0.39, 0.29) is 33.6 Å². The van der Waals surface area contributed by atoms with Gasteiger partial charge in [-0.2, -0.15) is 0 Å². The van der Waals surface area contributed by atoms with Gasteiger partial charge in [-0.3, -0.25) is 4.79 Å². The molecular formula is C20H20Cl2N6O4S. The number of H-pyrrole nitrogens is 1. The molecule has 0 aliphatic carbocycles. The number of carboxylic acid groups (broad SMARTS) is 1. The summed E-state index contributed by atoms with van der Waals surface area (Å²) >= 11 is 13.3. The van der Waals surface area contributed by atoms with Gasteiger partial charge in [-0.05, 0) is 19.4 Å². The van der Waals surface area contributed by atoms with Gasteiger partial charge in [-0.25, -0.2) is 19.7 Å². The average Bonchev–Trinajstić information content (AvgIpc) is 3.38. The van der Waals surface area contributed by atoms with Crippen LogP contribution in [0.3, 0.4) is 0 Å². The number of ether oxygens (including phenoxy) is 1. The Morgan fingerprint density at radius 2 is 2.15 bits per heavy atom. The van der Waals surface area contributed by atoms with E-state index < -0.39 is 5.97 Å². The summed E-state index contributed by atoms with van der Waals surface area (Å²) in [4.78, 5) is 42.0. The smallest absolute Gasteiger partial charge is 0.348 e. The Morgan fingerprint density at radius 3 is 2.76 bits per heavy atom.